The predicted molar refractivity (Wildman–Crippen MR) is 48.1 cm³/mol. The van der Waals surface area contributed by atoms with Gasteiger partial charge in [0.15, 0.2) is 0 Å². The van der Waals surface area contributed by atoms with Crippen molar-refractivity contribution in [2.24, 2.45) is 0 Å². The molecule has 12 heavy (non-hydrogen) atoms. The van der Waals surface area contributed by atoms with Gasteiger partial charge in [-0.2, -0.15) is 5.10 Å². The van der Waals surface area contributed by atoms with Gasteiger partial charge in [0.2, 0.25) is 0 Å². The first-order valence-corrected chi connectivity index (χ1v) is 4.64. The van der Waals surface area contributed by atoms with Crippen LogP contribution in [0.5, 0.6) is 0 Å². The van der Waals surface area contributed by atoms with Crippen LogP contribution in [-0.2, 0) is 6.42 Å². The van der Waals surface area contributed by atoms with Gasteiger partial charge in [-0.25, -0.2) is 0 Å². The van der Waals surface area contributed by atoms with Gasteiger partial charge in [-0.05, 0) is 24.9 Å². The molecule has 1 unspecified atom stereocenters. The van der Waals surface area contributed by atoms with E-state index in [-0.39, 0.29) is 0 Å². The van der Waals surface area contributed by atoms with E-state index in [1.165, 1.54) is 12.0 Å². The molecule has 1 saturated heterocycles. The average molecular weight is 165 g/mol. The lowest BCUT2D eigenvalue weighted by molar-refractivity contribution is 0.490. The molecule has 66 valence electrons. The van der Waals surface area contributed by atoms with Crippen molar-refractivity contribution in [3.63, 3.8) is 0 Å². The van der Waals surface area contributed by atoms with Crippen LogP contribution in [0.4, 0.5) is 0 Å². The highest BCUT2D eigenvalue weighted by molar-refractivity contribution is 5.04. The van der Waals surface area contributed by atoms with Gasteiger partial charge in [-0.1, -0.05) is 6.92 Å². The van der Waals surface area contributed by atoms with E-state index in [1.807, 2.05) is 6.20 Å². The molecule has 0 bridgehead atoms. The summed E-state index contributed by atoms with van der Waals surface area (Å²) in [7, 11) is 0. The second-order valence-corrected chi connectivity index (χ2v) is 3.33. The molecule has 0 spiro atoms. The monoisotopic (exact) mass is 165 g/mol. The van der Waals surface area contributed by atoms with Crippen molar-refractivity contribution in [3.8, 4) is 0 Å². The zero-order valence-electron chi connectivity index (χ0n) is 7.45. The Hall–Kier alpha value is -0.830. The normalized spacial score (nSPS) is 23.2. The molecule has 2 heterocycles. The van der Waals surface area contributed by atoms with E-state index in [4.69, 9.17) is 0 Å². The first-order chi connectivity index (χ1) is 5.90. The minimum Gasteiger partial charge on any atom is -0.315 e. The summed E-state index contributed by atoms with van der Waals surface area (Å²) in [5.74, 6) is 0. The average Bonchev–Trinajstić information content (AvgIpc) is 2.75. The summed E-state index contributed by atoms with van der Waals surface area (Å²) in [6.45, 7) is 4.37. The second kappa shape index (κ2) is 3.27. The molecule has 1 aliphatic rings. The molecular formula is C9H15N3. The Morgan fingerprint density at radius 2 is 2.67 bits per heavy atom. The SMILES string of the molecule is CCc1cnn(C2CCNC2)c1. The minimum absolute atomic E-state index is 0.588. The quantitative estimate of drug-likeness (QED) is 0.708. The molecule has 1 aromatic heterocycles. The van der Waals surface area contributed by atoms with Gasteiger partial charge in [-0.15, -0.1) is 0 Å². The molecule has 1 fully saturated rings. The minimum atomic E-state index is 0.588. The summed E-state index contributed by atoms with van der Waals surface area (Å²) in [5, 5.41) is 7.68. The van der Waals surface area contributed by atoms with Crippen LogP contribution < -0.4 is 5.32 Å². The van der Waals surface area contributed by atoms with Gasteiger partial charge in [-0.3, -0.25) is 4.68 Å². The molecule has 0 radical (unpaired) electrons. The highest BCUT2D eigenvalue weighted by Gasteiger charge is 2.16. The van der Waals surface area contributed by atoms with Crippen LogP contribution in [0.3, 0.4) is 0 Å². The fourth-order valence-electron chi connectivity index (χ4n) is 1.62. The van der Waals surface area contributed by atoms with Gasteiger partial charge in [0.05, 0.1) is 12.2 Å². The number of aryl methyl sites for hydroxylation is 1. The maximum Gasteiger partial charge on any atom is 0.0655 e. The maximum absolute atomic E-state index is 4.35. The number of hydrogen-bond acceptors (Lipinski definition) is 2. The van der Waals surface area contributed by atoms with Crippen LogP contribution in [0.2, 0.25) is 0 Å². The maximum atomic E-state index is 4.35. The van der Waals surface area contributed by atoms with Crippen LogP contribution >= 0.6 is 0 Å². The molecule has 0 amide bonds. The molecule has 1 atom stereocenters. The highest BCUT2D eigenvalue weighted by atomic mass is 15.3. The molecule has 1 N–H and O–H groups in total. The first kappa shape index (κ1) is 7.80. The summed E-state index contributed by atoms with van der Waals surface area (Å²) in [4.78, 5) is 0. The Balaban J connectivity index is 2.11. The number of hydrogen-bond donors (Lipinski definition) is 1. The third kappa shape index (κ3) is 1.37. The molecule has 0 saturated carbocycles. The predicted octanol–water partition coefficient (Wildman–Crippen LogP) is 0.980. The van der Waals surface area contributed by atoms with Crippen LogP contribution in [0.15, 0.2) is 12.4 Å². The Morgan fingerprint density at radius 1 is 1.75 bits per heavy atom. The molecular weight excluding hydrogens is 150 g/mol. The lowest BCUT2D eigenvalue weighted by atomic mass is 10.2. The molecule has 2 rings (SSSR count). The van der Waals surface area contributed by atoms with Crippen molar-refractivity contribution in [2.75, 3.05) is 13.1 Å². The number of nitrogens with zero attached hydrogens (tertiary/aromatic N) is 2. The summed E-state index contributed by atoms with van der Waals surface area (Å²) in [6, 6.07) is 0.588. The Labute approximate surface area is 72.8 Å². The van der Waals surface area contributed by atoms with E-state index < -0.39 is 0 Å². The van der Waals surface area contributed by atoms with E-state index >= 15 is 0 Å². The molecule has 3 heteroatoms. The van der Waals surface area contributed by atoms with E-state index in [1.54, 1.807) is 0 Å². The molecule has 0 aliphatic carbocycles. The molecule has 1 aliphatic heterocycles. The van der Waals surface area contributed by atoms with E-state index in [2.05, 4.69) is 28.2 Å². The van der Waals surface area contributed by atoms with Crippen LogP contribution in [0, 0.1) is 0 Å². The van der Waals surface area contributed by atoms with E-state index in [0.717, 1.165) is 19.5 Å². The second-order valence-electron chi connectivity index (χ2n) is 3.33. The smallest absolute Gasteiger partial charge is 0.0655 e. The standard InChI is InChI=1S/C9H15N3/c1-2-8-5-11-12(7-8)9-3-4-10-6-9/h5,7,9-10H,2-4,6H2,1H3. The Bertz CT molecular complexity index is 248. The van der Waals surface area contributed by atoms with Gasteiger partial charge in [0, 0.05) is 12.7 Å². The largest absolute Gasteiger partial charge is 0.315 e. The summed E-state index contributed by atoms with van der Waals surface area (Å²) < 4.78 is 2.10. The Kier molecular flexibility index (Phi) is 2.13. The fraction of sp³-hybridized carbons (Fsp3) is 0.667. The van der Waals surface area contributed by atoms with Crippen molar-refractivity contribution in [3.05, 3.63) is 18.0 Å². The zero-order chi connectivity index (χ0) is 8.39. The zero-order valence-corrected chi connectivity index (χ0v) is 7.45. The van der Waals surface area contributed by atoms with Gasteiger partial charge in [0.1, 0.15) is 0 Å². The summed E-state index contributed by atoms with van der Waals surface area (Å²) >= 11 is 0. The van der Waals surface area contributed by atoms with Gasteiger partial charge < -0.3 is 5.32 Å². The van der Waals surface area contributed by atoms with Gasteiger partial charge >= 0.3 is 0 Å². The van der Waals surface area contributed by atoms with Crippen LogP contribution in [0.1, 0.15) is 24.9 Å². The summed E-state index contributed by atoms with van der Waals surface area (Å²) in [5.41, 5.74) is 1.34. The third-order valence-corrected chi connectivity index (χ3v) is 2.47. The lowest BCUT2D eigenvalue weighted by Crippen LogP contribution is -2.13. The first-order valence-electron chi connectivity index (χ1n) is 4.64. The molecule has 0 aromatic carbocycles. The van der Waals surface area contributed by atoms with Crippen molar-refractivity contribution >= 4 is 0 Å². The van der Waals surface area contributed by atoms with Gasteiger partial charge in [0.25, 0.3) is 0 Å². The highest BCUT2D eigenvalue weighted by Crippen LogP contribution is 2.14. The van der Waals surface area contributed by atoms with Crippen LogP contribution in [0.25, 0.3) is 0 Å². The molecule has 3 nitrogen and oxygen atoms in total. The number of rotatable bonds is 2. The third-order valence-electron chi connectivity index (χ3n) is 2.47. The van der Waals surface area contributed by atoms with E-state index in [9.17, 15) is 0 Å². The topological polar surface area (TPSA) is 29.9 Å². The molecule has 1 aromatic rings. The number of nitrogens with one attached hydrogen (secondary N) is 1. The fourth-order valence-corrected chi connectivity index (χ4v) is 1.62. The van der Waals surface area contributed by atoms with Crippen molar-refractivity contribution in [1.29, 1.82) is 0 Å². The summed E-state index contributed by atoms with van der Waals surface area (Å²) in [6.07, 6.45) is 6.43. The van der Waals surface area contributed by atoms with E-state index in [0.29, 0.717) is 6.04 Å². The van der Waals surface area contributed by atoms with Crippen LogP contribution in [-0.4, -0.2) is 22.9 Å². The van der Waals surface area contributed by atoms with Crippen molar-refractivity contribution < 1.29 is 0 Å². The Morgan fingerprint density at radius 3 is 3.25 bits per heavy atom. The lowest BCUT2D eigenvalue weighted by Gasteiger charge is -2.07. The van der Waals surface area contributed by atoms with Crippen molar-refractivity contribution in [1.82, 2.24) is 15.1 Å². The van der Waals surface area contributed by atoms with Crippen molar-refractivity contribution in [2.45, 2.75) is 25.8 Å². The number of aromatic nitrogens is 2.